The second kappa shape index (κ2) is 11.5. The summed E-state index contributed by atoms with van der Waals surface area (Å²) in [6.45, 7) is 17.1. The monoisotopic (exact) mass is 324 g/mol. The van der Waals surface area contributed by atoms with Gasteiger partial charge in [0.05, 0.1) is 0 Å². The molecule has 1 aliphatic heterocycles. The highest BCUT2D eigenvalue weighted by Crippen LogP contribution is 2.21. The van der Waals surface area contributed by atoms with Crippen molar-refractivity contribution in [1.82, 2.24) is 9.80 Å². The Bertz CT molecular complexity index is 282. The molecule has 138 valence electrons. The van der Waals surface area contributed by atoms with Gasteiger partial charge in [-0.2, -0.15) is 0 Å². The van der Waals surface area contributed by atoms with Crippen LogP contribution in [0.2, 0.25) is 0 Å². The molecule has 1 fully saturated rings. The van der Waals surface area contributed by atoms with Crippen molar-refractivity contribution >= 4 is 0 Å². The van der Waals surface area contributed by atoms with Gasteiger partial charge >= 0.3 is 0 Å². The summed E-state index contributed by atoms with van der Waals surface area (Å²) in [6.07, 6.45) is 9.71. The molecule has 2 atom stereocenters. The van der Waals surface area contributed by atoms with Crippen LogP contribution in [0.4, 0.5) is 0 Å². The minimum atomic E-state index is 0.842. The molecular weight excluding hydrogens is 280 g/mol. The highest BCUT2D eigenvalue weighted by molar-refractivity contribution is 4.79. The fourth-order valence-corrected chi connectivity index (χ4v) is 3.85. The summed E-state index contributed by atoms with van der Waals surface area (Å²) in [5.74, 6) is 2.59. The van der Waals surface area contributed by atoms with Crippen molar-refractivity contribution < 1.29 is 0 Å². The molecule has 2 nitrogen and oxygen atoms in total. The lowest BCUT2D eigenvalue weighted by Crippen LogP contribution is -2.45. The maximum atomic E-state index is 2.81. The maximum absolute atomic E-state index is 2.81. The molecule has 1 rings (SSSR count). The molecule has 0 N–H and O–H groups in total. The van der Waals surface area contributed by atoms with E-state index in [9.17, 15) is 0 Å². The summed E-state index contributed by atoms with van der Waals surface area (Å²) in [6, 6.07) is 0.842. The molecule has 0 aromatic heterocycles. The van der Waals surface area contributed by atoms with E-state index in [4.69, 9.17) is 0 Å². The van der Waals surface area contributed by atoms with Crippen molar-refractivity contribution in [3.8, 4) is 0 Å². The summed E-state index contributed by atoms with van der Waals surface area (Å²) in [4.78, 5) is 5.30. The molecule has 0 aromatic rings. The fraction of sp³-hybridized carbons (Fsp3) is 1.00. The third kappa shape index (κ3) is 8.54. The Kier molecular flexibility index (Phi) is 10.5. The van der Waals surface area contributed by atoms with Gasteiger partial charge in [0.25, 0.3) is 0 Å². The Morgan fingerprint density at radius 1 is 1.00 bits per heavy atom. The lowest BCUT2D eigenvalue weighted by molar-refractivity contribution is 0.105. The van der Waals surface area contributed by atoms with E-state index in [1.807, 2.05) is 0 Å². The predicted octanol–water partition coefficient (Wildman–Crippen LogP) is 5.28. The SMILES string of the molecule is CCCN(CC(C)CCCCC(C)C(C)C)C1CCN(C)CC1. The maximum Gasteiger partial charge on any atom is 0.0120 e. The van der Waals surface area contributed by atoms with Gasteiger partial charge < -0.3 is 9.80 Å². The summed E-state index contributed by atoms with van der Waals surface area (Å²) in [5, 5.41) is 0. The van der Waals surface area contributed by atoms with Gasteiger partial charge in [0.2, 0.25) is 0 Å². The Hall–Kier alpha value is -0.0800. The van der Waals surface area contributed by atoms with E-state index in [1.54, 1.807) is 0 Å². The molecule has 2 heteroatoms. The van der Waals surface area contributed by atoms with E-state index in [1.165, 1.54) is 71.1 Å². The van der Waals surface area contributed by atoms with E-state index in [0.717, 1.165) is 23.8 Å². The molecule has 2 unspecified atom stereocenters. The number of likely N-dealkylation sites (tertiary alicyclic amines) is 1. The van der Waals surface area contributed by atoms with Crippen LogP contribution < -0.4 is 0 Å². The van der Waals surface area contributed by atoms with E-state index < -0.39 is 0 Å². The van der Waals surface area contributed by atoms with Gasteiger partial charge in [0.15, 0.2) is 0 Å². The fourth-order valence-electron chi connectivity index (χ4n) is 3.85. The Morgan fingerprint density at radius 3 is 2.17 bits per heavy atom. The minimum absolute atomic E-state index is 0.842. The van der Waals surface area contributed by atoms with Gasteiger partial charge in [-0.15, -0.1) is 0 Å². The average molecular weight is 325 g/mol. The van der Waals surface area contributed by atoms with Crippen molar-refractivity contribution in [3.05, 3.63) is 0 Å². The number of hydrogen-bond donors (Lipinski definition) is 0. The van der Waals surface area contributed by atoms with Gasteiger partial charge in [-0.25, -0.2) is 0 Å². The van der Waals surface area contributed by atoms with Crippen molar-refractivity contribution in [3.63, 3.8) is 0 Å². The summed E-state index contributed by atoms with van der Waals surface area (Å²) in [5.41, 5.74) is 0. The molecule has 0 aliphatic carbocycles. The molecule has 23 heavy (non-hydrogen) atoms. The lowest BCUT2D eigenvalue weighted by atomic mass is 9.91. The largest absolute Gasteiger partial charge is 0.306 e. The van der Waals surface area contributed by atoms with Crippen LogP contribution in [0.15, 0.2) is 0 Å². The highest BCUT2D eigenvalue weighted by Gasteiger charge is 2.23. The molecule has 0 saturated carbocycles. The van der Waals surface area contributed by atoms with Crippen LogP contribution in [0.25, 0.3) is 0 Å². The molecule has 0 bridgehead atoms. The first-order chi connectivity index (χ1) is 10.9. The predicted molar refractivity (Wildman–Crippen MR) is 104 cm³/mol. The van der Waals surface area contributed by atoms with Crippen LogP contribution in [0, 0.1) is 17.8 Å². The first kappa shape index (κ1) is 21.0. The number of hydrogen-bond acceptors (Lipinski definition) is 2. The smallest absolute Gasteiger partial charge is 0.0120 e. The van der Waals surface area contributed by atoms with Crippen molar-refractivity contribution in [2.24, 2.45) is 17.8 Å². The van der Waals surface area contributed by atoms with Crippen molar-refractivity contribution in [2.75, 3.05) is 33.2 Å². The second-order valence-electron chi connectivity index (χ2n) is 8.64. The quantitative estimate of drug-likeness (QED) is 0.477. The number of nitrogens with zero attached hydrogens (tertiary/aromatic N) is 2. The van der Waals surface area contributed by atoms with E-state index in [-0.39, 0.29) is 0 Å². The average Bonchev–Trinajstić information content (AvgIpc) is 2.51. The van der Waals surface area contributed by atoms with Gasteiger partial charge in [0, 0.05) is 12.6 Å². The van der Waals surface area contributed by atoms with E-state index in [0.29, 0.717) is 0 Å². The first-order valence-electron chi connectivity index (χ1n) is 10.4. The Morgan fingerprint density at radius 2 is 1.61 bits per heavy atom. The zero-order chi connectivity index (χ0) is 17.2. The number of piperidine rings is 1. The van der Waals surface area contributed by atoms with E-state index in [2.05, 4.69) is 51.5 Å². The van der Waals surface area contributed by atoms with Crippen LogP contribution >= 0.6 is 0 Å². The van der Waals surface area contributed by atoms with Gasteiger partial charge in [-0.05, 0) is 70.1 Å². The standard InChI is InChI=1S/C21H44N2/c1-7-14-23(21-12-15-22(6)16-13-21)17-19(4)10-8-9-11-20(5)18(2)3/h18-21H,7-17H2,1-6H3. The normalized spacial score (nSPS) is 20.3. The summed E-state index contributed by atoms with van der Waals surface area (Å²) in [7, 11) is 2.27. The summed E-state index contributed by atoms with van der Waals surface area (Å²) >= 11 is 0. The zero-order valence-electron chi connectivity index (χ0n) is 17.0. The Balaban J connectivity index is 2.26. The summed E-state index contributed by atoms with van der Waals surface area (Å²) < 4.78 is 0. The third-order valence-corrected chi connectivity index (χ3v) is 6.01. The second-order valence-corrected chi connectivity index (χ2v) is 8.64. The molecule has 1 aliphatic rings. The van der Waals surface area contributed by atoms with Crippen LogP contribution in [0.5, 0.6) is 0 Å². The molecule has 1 heterocycles. The molecule has 0 spiro atoms. The molecule has 1 saturated heterocycles. The number of unbranched alkanes of at least 4 members (excludes halogenated alkanes) is 1. The van der Waals surface area contributed by atoms with Crippen molar-refractivity contribution in [1.29, 1.82) is 0 Å². The van der Waals surface area contributed by atoms with Gasteiger partial charge in [0.1, 0.15) is 0 Å². The Labute approximate surface area is 147 Å². The molecular formula is C21H44N2. The van der Waals surface area contributed by atoms with Crippen molar-refractivity contribution in [2.45, 2.75) is 85.6 Å². The van der Waals surface area contributed by atoms with E-state index >= 15 is 0 Å². The van der Waals surface area contributed by atoms with Crippen LogP contribution in [-0.2, 0) is 0 Å². The van der Waals surface area contributed by atoms with Crippen LogP contribution in [0.3, 0.4) is 0 Å². The van der Waals surface area contributed by atoms with Crippen LogP contribution in [-0.4, -0.2) is 49.1 Å². The lowest BCUT2D eigenvalue weighted by Gasteiger charge is -2.38. The molecule has 0 amide bonds. The topological polar surface area (TPSA) is 6.48 Å². The minimum Gasteiger partial charge on any atom is -0.306 e. The third-order valence-electron chi connectivity index (χ3n) is 6.01. The van der Waals surface area contributed by atoms with Gasteiger partial charge in [-0.3, -0.25) is 0 Å². The highest BCUT2D eigenvalue weighted by atomic mass is 15.2. The van der Waals surface area contributed by atoms with Gasteiger partial charge in [-0.1, -0.05) is 53.9 Å². The molecule has 0 aromatic carbocycles. The first-order valence-corrected chi connectivity index (χ1v) is 10.4. The van der Waals surface area contributed by atoms with Crippen LogP contribution in [0.1, 0.15) is 79.6 Å². The molecule has 0 radical (unpaired) electrons. The number of rotatable bonds is 11. The zero-order valence-corrected chi connectivity index (χ0v) is 17.0.